The summed E-state index contributed by atoms with van der Waals surface area (Å²) in [6.45, 7) is 1.70. The molecule has 0 atom stereocenters. The Balaban J connectivity index is 2.46. The van der Waals surface area contributed by atoms with Crippen molar-refractivity contribution >= 4 is 54.8 Å². The molecule has 0 unspecified atom stereocenters. The Kier molecular flexibility index (Phi) is 4.59. The molecule has 1 aromatic heterocycles. The van der Waals surface area contributed by atoms with Crippen molar-refractivity contribution in [2.45, 2.75) is 11.8 Å². The van der Waals surface area contributed by atoms with Gasteiger partial charge >= 0.3 is 0 Å². The van der Waals surface area contributed by atoms with E-state index in [0.29, 0.717) is 15.9 Å². The van der Waals surface area contributed by atoms with Crippen molar-refractivity contribution in [1.82, 2.24) is 4.98 Å². The molecule has 1 heterocycles. The van der Waals surface area contributed by atoms with E-state index < -0.39 is 10.0 Å². The summed E-state index contributed by atoms with van der Waals surface area (Å²) in [5.41, 5.74) is 0.922. The average Bonchev–Trinajstić information content (AvgIpc) is 2.36. The molecule has 0 aliphatic rings. The number of anilines is 1. The number of pyridine rings is 1. The van der Waals surface area contributed by atoms with Gasteiger partial charge < -0.3 is 0 Å². The first-order valence-corrected chi connectivity index (χ1v) is 8.43. The van der Waals surface area contributed by atoms with Crippen LogP contribution in [0.3, 0.4) is 0 Å². The molecular formula is C12H9BrCl2N2O2S. The van der Waals surface area contributed by atoms with Gasteiger partial charge in [0.2, 0.25) is 0 Å². The van der Waals surface area contributed by atoms with Crippen molar-refractivity contribution in [3.05, 3.63) is 50.7 Å². The highest BCUT2D eigenvalue weighted by molar-refractivity contribution is 9.10. The Morgan fingerprint density at radius 2 is 2.00 bits per heavy atom. The van der Waals surface area contributed by atoms with Crippen LogP contribution in [0, 0.1) is 6.92 Å². The molecule has 2 rings (SSSR count). The second kappa shape index (κ2) is 5.89. The van der Waals surface area contributed by atoms with Crippen LogP contribution < -0.4 is 4.72 Å². The van der Waals surface area contributed by atoms with Gasteiger partial charge in [0.25, 0.3) is 10.0 Å². The summed E-state index contributed by atoms with van der Waals surface area (Å²) in [7, 11) is -3.83. The molecule has 0 saturated carbocycles. The van der Waals surface area contributed by atoms with Gasteiger partial charge in [-0.25, -0.2) is 8.42 Å². The summed E-state index contributed by atoms with van der Waals surface area (Å²) in [5, 5.41) is 0.168. The molecule has 0 amide bonds. The largest absolute Gasteiger partial charge is 0.278 e. The Hall–Kier alpha value is -0.820. The van der Waals surface area contributed by atoms with Gasteiger partial charge in [0.1, 0.15) is 4.90 Å². The maximum atomic E-state index is 12.3. The van der Waals surface area contributed by atoms with E-state index in [9.17, 15) is 8.42 Å². The van der Waals surface area contributed by atoms with Crippen molar-refractivity contribution in [2.24, 2.45) is 0 Å². The van der Waals surface area contributed by atoms with Crippen molar-refractivity contribution in [3.8, 4) is 0 Å². The Labute approximate surface area is 135 Å². The molecule has 8 heteroatoms. The van der Waals surface area contributed by atoms with Crippen molar-refractivity contribution < 1.29 is 8.42 Å². The first-order valence-electron chi connectivity index (χ1n) is 5.40. The van der Waals surface area contributed by atoms with Crippen LogP contribution in [0.15, 0.2) is 39.8 Å². The molecule has 2 aromatic rings. The van der Waals surface area contributed by atoms with Crippen LogP contribution in [0.5, 0.6) is 0 Å². The molecule has 4 nitrogen and oxygen atoms in total. The molecular weight excluding hydrogens is 387 g/mol. The van der Waals surface area contributed by atoms with E-state index in [2.05, 4.69) is 25.6 Å². The van der Waals surface area contributed by atoms with Crippen molar-refractivity contribution in [3.63, 3.8) is 0 Å². The number of nitrogens with zero attached hydrogens (tertiary/aromatic N) is 1. The van der Waals surface area contributed by atoms with Crippen LogP contribution in [0.25, 0.3) is 0 Å². The number of rotatable bonds is 3. The van der Waals surface area contributed by atoms with E-state index in [4.69, 9.17) is 23.2 Å². The van der Waals surface area contributed by atoms with Crippen LogP contribution in [0.1, 0.15) is 5.69 Å². The maximum absolute atomic E-state index is 12.3. The van der Waals surface area contributed by atoms with Gasteiger partial charge in [0.05, 0.1) is 21.4 Å². The van der Waals surface area contributed by atoms with Gasteiger partial charge in [-0.3, -0.25) is 9.71 Å². The maximum Gasteiger partial charge on any atom is 0.263 e. The number of benzene rings is 1. The van der Waals surface area contributed by atoms with Crippen LogP contribution in [0.2, 0.25) is 10.0 Å². The predicted octanol–water partition coefficient (Wildman–Crippen LogP) is 4.26. The number of aryl methyl sites for hydroxylation is 1. The third-order valence-electron chi connectivity index (χ3n) is 2.50. The lowest BCUT2D eigenvalue weighted by Gasteiger charge is -2.12. The minimum absolute atomic E-state index is 0.0118. The highest BCUT2D eigenvalue weighted by Crippen LogP contribution is 2.30. The molecule has 0 fully saturated rings. The van der Waals surface area contributed by atoms with Gasteiger partial charge in [-0.05, 0) is 41.1 Å². The molecule has 0 bridgehead atoms. The molecule has 0 radical (unpaired) electrons. The van der Waals surface area contributed by atoms with Gasteiger partial charge in [-0.1, -0.05) is 29.3 Å². The van der Waals surface area contributed by atoms with Crippen LogP contribution >= 0.6 is 39.1 Å². The van der Waals surface area contributed by atoms with E-state index in [1.54, 1.807) is 19.2 Å². The standard InChI is InChI=1S/C12H9BrCl2N2O2S/c1-7-10(5-8(13)6-16-7)17-20(18,19)11-4-2-3-9(14)12(11)15/h2-6,17H,1H3. The lowest BCUT2D eigenvalue weighted by Crippen LogP contribution is -2.14. The molecule has 20 heavy (non-hydrogen) atoms. The number of hydrogen-bond acceptors (Lipinski definition) is 3. The quantitative estimate of drug-likeness (QED) is 0.844. The monoisotopic (exact) mass is 394 g/mol. The number of nitrogens with one attached hydrogen (secondary N) is 1. The fraction of sp³-hybridized carbons (Fsp3) is 0.0833. The van der Waals surface area contributed by atoms with Crippen molar-refractivity contribution in [2.75, 3.05) is 4.72 Å². The summed E-state index contributed by atoms with van der Waals surface area (Å²) in [5.74, 6) is 0. The first kappa shape index (κ1) is 15.6. The Bertz CT molecular complexity index is 766. The zero-order valence-electron chi connectivity index (χ0n) is 10.2. The molecule has 0 aliphatic carbocycles. The van der Waals surface area contributed by atoms with Gasteiger partial charge in [-0.15, -0.1) is 0 Å². The van der Waals surface area contributed by atoms with Gasteiger partial charge in [-0.2, -0.15) is 0 Å². The second-order valence-corrected chi connectivity index (χ2v) is 7.30. The summed E-state index contributed by atoms with van der Waals surface area (Å²) in [6.07, 6.45) is 1.58. The molecule has 0 spiro atoms. The number of hydrogen-bond donors (Lipinski definition) is 1. The van der Waals surface area contributed by atoms with Crippen LogP contribution in [-0.2, 0) is 10.0 Å². The van der Waals surface area contributed by atoms with Gasteiger partial charge in [0.15, 0.2) is 0 Å². The summed E-state index contributed by atoms with van der Waals surface area (Å²) >= 11 is 15.0. The number of halogens is 3. The fourth-order valence-electron chi connectivity index (χ4n) is 1.50. The molecule has 106 valence electrons. The highest BCUT2D eigenvalue weighted by atomic mass is 79.9. The van der Waals surface area contributed by atoms with E-state index in [-0.39, 0.29) is 14.9 Å². The first-order chi connectivity index (χ1) is 9.31. The third-order valence-corrected chi connectivity index (χ3v) is 5.28. The minimum atomic E-state index is -3.83. The minimum Gasteiger partial charge on any atom is -0.278 e. The molecule has 0 saturated heterocycles. The summed E-state index contributed by atoms with van der Waals surface area (Å²) < 4.78 is 27.8. The average molecular weight is 396 g/mol. The van der Waals surface area contributed by atoms with E-state index in [1.807, 2.05) is 0 Å². The van der Waals surface area contributed by atoms with E-state index >= 15 is 0 Å². The van der Waals surface area contributed by atoms with E-state index in [1.165, 1.54) is 18.2 Å². The molecule has 1 aromatic carbocycles. The van der Waals surface area contributed by atoms with Crippen LogP contribution in [-0.4, -0.2) is 13.4 Å². The SMILES string of the molecule is Cc1ncc(Br)cc1NS(=O)(=O)c1cccc(Cl)c1Cl. The number of aromatic nitrogens is 1. The highest BCUT2D eigenvalue weighted by Gasteiger charge is 2.20. The predicted molar refractivity (Wildman–Crippen MR) is 83.9 cm³/mol. The lowest BCUT2D eigenvalue weighted by atomic mass is 10.3. The Morgan fingerprint density at radius 1 is 1.30 bits per heavy atom. The van der Waals surface area contributed by atoms with E-state index in [0.717, 1.165) is 0 Å². The van der Waals surface area contributed by atoms with Crippen molar-refractivity contribution in [1.29, 1.82) is 0 Å². The normalized spacial score (nSPS) is 11.4. The molecule has 1 N–H and O–H groups in total. The second-order valence-electron chi connectivity index (χ2n) is 3.94. The summed E-state index contributed by atoms with van der Waals surface area (Å²) in [6, 6.07) is 6.05. The topological polar surface area (TPSA) is 59.1 Å². The molecule has 0 aliphatic heterocycles. The van der Waals surface area contributed by atoms with Crippen LogP contribution in [0.4, 0.5) is 5.69 Å². The zero-order chi connectivity index (χ0) is 14.9. The summed E-state index contributed by atoms with van der Waals surface area (Å²) in [4.78, 5) is 3.99. The van der Waals surface area contributed by atoms with Gasteiger partial charge in [0, 0.05) is 10.7 Å². The lowest BCUT2D eigenvalue weighted by molar-refractivity contribution is 0.601. The number of sulfonamides is 1. The Morgan fingerprint density at radius 3 is 2.70 bits per heavy atom. The third kappa shape index (κ3) is 3.25. The fourth-order valence-corrected chi connectivity index (χ4v) is 3.70. The zero-order valence-corrected chi connectivity index (χ0v) is 14.1. The smallest absolute Gasteiger partial charge is 0.263 e.